The van der Waals surface area contributed by atoms with Crippen molar-refractivity contribution < 1.29 is 4.79 Å². The first kappa shape index (κ1) is 10.6. The Bertz CT molecular complexity index is 340. The molecule has 0 aliphatic carbocycles. The van der Waals surface area contributed by atoms with Crippen LogP contribution in [-0.4, -0.2) is 30.9 Å². The minimum Gasteiger partial charge on any atom is -0.347 e. The zero-order valence-corrected chi connectivity index (χ0v) is 9.64. The van der Waals surface area contributed by atoms with Crippen LogP contribution in [0.4, 0.5) is 5.13 Å². The molecule has 0 radical (unpaired) electrons. The summed E-state index contributed by atoms with van der Waals surface area (Å²) >= 11 is 1.71. The highest BCUT2D eigenvalue weighted by Gasteiger charge is 2.18. The van der Waals surface area contributed by atoms with Gasteiger partial charge in [0.15, 0.2) is 5.13 Å². The molecule has 0 aromatic carbocycles. The highest BCUT2D eigenvalue weighted by Crippen LogP contribution is 2.24. The molecule has 1 aliphatic heterocycles. The fourth-order valence-electron chi connectivity index (χ4n) is 1.65. The number of Topliss-reactive ketones (excluding diaryl/α,β-unsaturated/α-hetero) is 1. The minimum absolute atomic E-state index is 0.373. The Labute approximate surface area is 93.3 Å². The lowest BCUT2D eigenvalue weighted by atomic mass is 10.1. The van der Waals surface area contributed by atoms with Crippen molar-refractivity contribution in [2.45, 2.75) is 19.4 Å². The molecule has 2 heterocycles. The maximum Gasteiger partial charge on any atom is 0.185 e. The Hall–Kier alpha value is -0.940. The summed E-state index contributed by atoms with van der Waals surface area (Å²) in [6.07, 6.45) is 3.24. The van der Waals surface area contributed by atoms with Gasteiger partial charge in [0.25, 0.3) is 0 Å². The Morgan fingerprint density at radius 3 is 2.93 bits per heavy atom. The summed E-state index contributed by atoms with van der Waals surface area (Å²) in [5.74, 6) is 0.373. The molecule has 1 aliphatic rings. The van der Waals surface area contributed by atoms with Gasteiger partial charge in [0.1, 0.15) is 5.78 Å². The molecule has 1 N–H and O–H groups in total. The number of thiazole rings is 1. The molecule has 2 rings (SSSR count). The monoisotopic (exact) mass is 225 g/mol. The van der Waals surface area contributed by atoms with E-state index in [1.165, 1.54) is 4.88 Å². The summed E-state index contributed by atoms with van der Waals surface area (Å²) in [5, 5.41) is 4.15. The number of hydrogen-bond acceptors (Lipinski definition) is 5. The van der Waals surface area contributed by atoms with Crippen LogP contribution in [0.25, 0.3) is 0 Å². The van der Waals surface area contributed by atoms with Crippen molar-refractivity contribution in [1.82, 2.24) is 10.3 Å². The van der Waals surface area contributed by atoms with E-state index in [1.807, 2.05) is 13.2 Å². The standard InChI is InChI=1S/C10H15N3OS/c1-11-6-9-7-12-10(15-9)13-4-2-8(14)3-5-13/h7,11H,2-6H2,1H3. The first-order chi connectivity index (χ1) is 7.29. The normalized spacial score (nSPS) is 17.1. The Morgan fingerprint density at radius 1 is 1.53 bits per heavy atom. The first-order valence-electron chi connectivity index (χ1n) is 5.15. The average Bonchev–Trinajstić information content (AvgIpc) is 2.68. The molecule has 0 atom stereocenters. The SMILES string of the molecule is CNCc1cnc(N2CCC(=O)CC2)s1. The highest BCUT2D eigenvalue weighted by molar-refractivity contribution is 7.15. The third-order valence-electron chi connectivity index (χ3n) is 2.48. The van der Waals surface area contributed by atoms with Crippen molar-refractivity contribution in [2.24, 2.45) is 0 Å². The van der Waals surface area contributed by atoms with Gasteiger partial charge in [-0.3, -0.25) is 4.79 Å². The van der Waals surface area contributed by atoms with Crippen LogP contribution in [0.3, 0.4) is 0 Å². The van der Waals surface area contributed by atoms with E-state index < -0.39 is 0 Å². The van der Waals surface area contributed by atoms with Crippen LogP contribution in [-0.2, 0) is 11.3 Å². The van der Waals surface area contributed by atoms with Crippen molar-refractivity contribution in [1.29, 1.82) is 0 Å². The van der Waals surface area contributed by atoms with Gasteiger partial charge in [-0.2, -0.15) is 0 Å². The van der Waals surface area contributed by atoms with Gasteiger partial charge < -0.3 is 10.2 Å². The van der Waals surface area contributed by atoms with Gasteiger partial charge in [0, 0.05) is 43.5 Å². The molecule has 82 valence electrons. The molecular formula is C10H15N3OS. The summed E-state index contributed by atoms with van der Waals surface area (Å²) in [6, 6.07) is 0. The smallest absolute Gasteiger partial charge is 0.185 e. The van der Waals surface area contributed by atoms with E-state index in [0.717, 1.165) is 24.8 Å². The highest BCUT2D eigenvalue weighted by atomic mass is 32.1. The van der Waals surface area contributed by atoms with Gasteiger partial charge >= 0.3 is 0 Å². The topological polar surface area (TPSA) is 45.2 Å². The minimum atomic E-state index is 0.373. The zero-order chi connectivity index (χ0) is 10.7. The van der Waals surface area contributed by atoms with Crippen molar-refractivity contribution in [2.75, 3.05) is 25.0 Å². The van der Waals surface area contributed by atoms with Crippen molar-refractivity contribution >= 4 is 22.3 Å². The van der Waals surface area contributed by atoms with E-state index in [-0.39, 0.29) is 0 Å². The predicted octanol–water partition coefficient (Wildman–Crippen LogP) is 1.03. The van der Waals surface area contributed by atoms with Crippen LogP contribution in [0.15, 0.2) is 6.20 Å². The lowest BCUT2D eigenvalue weighted by Crippen LogP contribution is -2.33. The van der Waals surface area contributed by atoms with Crippen LogP contribution >= 0.6 is 11.3 Å². The van der Waals surface area contributed by atoms with E-state index in [4.69, 9.17) is 0 Å². The second-order valence-electron chi connectivity index (χ2n) is 3.67. The Morgan fingerprint density at radius 2 is 2.27 bits per heavy atom. The average molecular weight is 225 g/mol. The van der Waals surface area contributed by atoms with Gasteiger partial charge in [-0.1, -0.05) is 0 Å². The second kappa shape index (κ2) is 4.72. The fraction of sp³-hybridized carbons (Fsp3) is 0.600. The molecule has 0 bridgehead atoms. The summed E-state index contributed by atoms with van der Waals surface area (Å²) in [6.45, 7) is 2.51. The molecular weight excluding hydrogens is 210 g/mol. The zero-order valence-electron chi connectivity index (χ0n) is 8.82. The number of ketones is 1. The number of carbonyl (C=O) groups is 1. The van der Waals surface area contributed by atoms with Gasteiger partial charge in [0.2, 0.25) is 0 Å². The van der Waals surface area contributed by atoms with E-state index in [2.05, 4.69) is 15.2 Å². The third kappa shape index (κ3) is 2.54. The summed E-state index contributed by atoms with van der Waals surface area (Å²) in [4.78, 5) is 18.9. The van der Waals surface area contributed by atoms with Crippen LogP contribution in [0, 0.1) is 0 Å². The van der Waals surface area contributed by atoms with Gasteiger partial charge in [-0.15, -0.1) is 11.3 Å². The fourth-order valence-corrected chi connectivity index (χ4v) is 2.62. The molecule has 1 saturated heterocycles. The lowest BCUT2D eigenvalue weighted by Gasteiger charge is -2.25. The number of nitrogens with zero attached hydrogens (tertiary/aromatic N) is 2. The van der Waals surface area contributed by atoms with E-state index in [9.17, 15) is 4.79 Å². The molecule has 0 saturated carbocycles. The predicted molar refractivity (Wildman–Crippen MR) is 61.3 cm³/mol. The number of aromatic nitrogens is 1. The number of rotatable bonds is 3. The molecule has 15 heavy (non-hydrogen) atoms. The number of piperidine rings is 1. The summed E-state index contributed by atoms with van der Waals surface area (Å²) in [7, 11) is 1.93. The lowest BCUT2D eigenvalue weighted by molar-refractivity contribution is -0.119. The summed E-state index contributed by atoms with van der Waals surface area (Å²) in [5.41, 5.74) is 0. The van der Waals surface area contributed by atoms with Crippen LogP contribution in [0.5, 0.6) is 0 Å². The third-order valence-corrected chi connectivity index (χ3v) is 3.54. The van der Waals surface area contributed by atoms with E-state index >= 15 is 0 Å². The van der Waals surface area contributed by atoms with Crippen molar-refractivity contribution in [3.8, 4) is 0 Å². The maximum absolute atomic E-state index is 11.1. The molecule has 0 spiro atoms. The number of carbonyl (C=O) groups excluding carboxylic acids is 1. The van der Waals surface area contributed by atoms with E-state index in [1.54, 1.807) is 11.3 Å². The van der Waals surface area contributed by atoms with E-state index in [0.29, 0.717) is 18.6 Å². The number of anilines is 1. The van der Waals surface area contributed by atoms with Gasteiger partial charge in [-0.25, -0.2) is 4.98 Å². The molecule has 0 amide bonds. The van der Waals surface area contributed by atoms with Crippen LogP contribution < -0.4 is 10.2 Å². The van der Waals surface area contributed by atoms with Crippen LogP contribution in [0.1, 0.15) is 17.7 Å². The maximum atomic E-state index is 11.1. The van der Waals surface area contributed by atoms with Gasteiger partial charge in [-0.05, 0) is 7.05 Å². The number of nitrogens with one attached hydrogen (secondary N) is 1. The second-order valence-corrected chi connectivity index (χ2v) is 4.76. The molecule has 1 aromatic heterocycles. The summed E-state index contributed by atoms with van der Waals surface area (Å²) < 4.78 is 0. The van der Waals surface area contributed by atoms with Crippen LogP contribution in [0.2, 0.25) is 0 Å². The molecule has 1 fully saturated rings. The van der Waals surface area contributed by atoms with Crippen molar-refractivity contribution in [3.05, 3.63) is 11.1 Å². The molecule has 1 aromatic rings. The number of hydrogen-bond donors (Lipinski definition) is 1. The molecule has 4 nitrogen and oxygen atoms in total. The quantitative estimate of drug-likeness (QED) is 0.834. The largest absolute Gasteiger partial charge is 0.347 e. The first-order valence-corrected chi connectivity index (χ1v) is 5.97. The Balaban J connectivity index is 1.99. The van der Waals surface area contributed by atoms with Gasteiger partial charge in [0.05, 0.1) is 0 Å². The molecule has 5 heteroatoms. The Kier molecular flexibility index (Phi) is 3.33. The molecule has 0 unspecified atom stereocenters. The van der Waals surface area contributed by atoms with Crippen molar-refractivity contribution in [3.63, 3.8) is 0 Å².